The number of aryl methyl sites for hydroxylation is 6. The van der Waals surface area contributed by atoms with Crippen molar-refractivity contribution in [2.75, 3.05) is 0 Å². The van der Waals surface area contributed by atoms with Crippen LogP contribution in [0, 0.1) is 77.1 Å². The molecule has 0 saturated carbocycles. The summed E-state index contributed by atoms with van der Waals surface area (Å²) in [5, 5.41) is 32.9. The van der Waals surface area contributed by atoms with E-state index < -0.39 is 0 Å². The minimum atomic E-state index is 0. The molecule has 0 aliphatic carbocycles. The van der Waals surface area contributed by atoms with Crippen molar-refractivity contribution in [2.24, 2.45) is 0 Å². The van der Waals surface area contributed by atoms with Crippen molar-refractivity contribution in [3.8, 4) is 17.2 Å². The summed E-state index contributed by atoms with van der Waals surface area (Å²) in [6, 6.07) is 16.7. The molecule has 0 unspecified atom stereocenters. The maximum Gasteiger partial charge on any atom is 3.00 e. The fraction of sp³-hybridized carbons (Fsp3) is 0.250. The van der Waals surface area contributed by atoms with E-state index in [-0.39, 0.29) is 52.8 Å². The van der Waals surface area contributed by atoms with Gasteiger partial charge in [0.05, 0.1) is 0 Å². The van der Waals surface area contributed by atoms with Gasteiger partial charge in [0.2, 0.25) is 0 Å². The van der Waals surface area contributed by atoms with Gasteiger partial charge in [0.25, 0.3) is 0 Å². The predicted octanol–water partition coefficient (Wildman–Crippen LogP) is 4.13. The van der Waals surface area contributed by atoms with E-state index in [0.29, 0.717) is 0 Å². The van der Waals surface area contributed by atoms with Crippen LogP contribution in [0.25, 0.3) is 0 Å². The second-order valence-corrected chi connectivity index (χ2v) is 6.66. The van der Waals surface area contributed by atoms with Gasteiger partial charge in [-0.2, -0.15) is 0 Å². The standard InChI is InChI=1S/3C8H10O.La/c3*1-6-4-3-5-7(2)8(6)9;/h3*3-5,9H,1-2H3;/q;;;+3/p-3. The summed E-state index contributed by atoms with van der Waals surface area (Å²) in [4.78, 5) is 0. The SMILES string of the molecule is Cc1cccc(C)c1[O-].Cc1cccc(C)c1[O-].Cc1cccc(C)c1[O-].[La+3]. The molecule has 0 amide bonds. The van der Waals surface area contributed by atoms with E-state index >= 15 is 0 Å². The summed E-state index contributed by atoms with van der Waals surface area (Å²) in [7, 11) is 0. The van der Waals surface area contributed by atoms with Gasteiger partial charge < -0.3 is 15.3 Å². The Morgan fingerprint density at radius 2 is 0.536 bits per heavy atom. The maximum absolute atomic E-state index is 11.0. The Balaban J connectivity index is 0.000000384. The molecule has 0 atom stereocenters. The van der Waals surface area contributed by atoms with Crippen molar-refractivity contribution >= 4 is 0 Å². The van der Waals surface area contributed by atoms with Crippen LogP contribution in [0.5, 0.6) is 17.2 Å². The van der Waals surface area contributed by atoms with Crippen LogP contribution in [0.15, 0.2) is 54.6 Å². The van der Waals surface area contributed by atoms with Crippen LogP contribution in [0.3, 0.4) is 0 Å². The van der Waals surface area contributed by atoms with Gasteiger partial charge in [-0.15, -0.1) is 17.2 Å². The molecule has 3 aromatic carbocycles. The number of rotatable bonds is 0. The Hall–Kier alpha value is -1.75. The first-order valence-electron chi connectivity index (χ1n) is 8.84. The Kier molecular flexibility index (Phi) is 11.9. The van der Waals surface area contributed by atoms with Crippen molar-refractivity contribution in [1.82, 2.24) is 0 Å². The molecule has 3 nitrogen and oxygen atoms in total. The molecule has 0 radical (unpaired) electrons. The van der Waals surface area contributed by atoms with E-state index in [4.69, 9.17) is 0 Å². The van der Waals surface area contributed by atoms with E-state index in [1.807, 2.05) is 96.1 Å². The molecule has 3 aromatic rings. The fourth-order valence-corrected chi connectivity index (χ4v) is 2.40. The largest absolute Gasteiger partial charge is 3.00 e. The van der Waals surface area contributed by atoms with Crippen LogP contribution in [-0.4, -0.2) is 0 Å². The van der Waals surface area contributed by atoms with Crippen LogP contribution in [0.4, 0.5) is 0 Å². The van der Waals surface area contributed by atoms with Gasteiger partial charge in [0, 0.05) is 0 Å². The summed E-state index contributed by atoms with van der Waals surface area (Å²) in [6.07, 6.45) is 0. The summed E-state index contributed by atoms with van der Waals surface area (Å²) in [5.41, 5.74) is 4.97. The molecular formula is C24H27LaO3. The Labute approximate surface area is 196 Å². The zero-order chi connectivity index (χ0) is 20.6. The van der Waals surface area contributed by atoms with E-state index in [0.717, 1.165) is 33.4 Å². The Morgan fingerprint density at radius 3 is 0.643 bits per heavy atom. The van der Waals surface area contributed by atoms with Gasteiger partial charge >= 0.3 is 35.6 Å². The molecule has 3 rings (SSSR count). The van der Waals surface area contributed by atoms with Crippen molar-refractivity contribution in [2.45, 2.75) is 41.5 Å². The fourth-order valence-electron chi connectivity index (χ4n) is 2.40. The molecule has 28 heavy (non-hydrogen) atoms. The number of benzene rings is 3. The molecule has 0 saturated heterocycles. The molecule has 144 valence electrons. The first-order chi connectivity index (χ1) is 12.6. The van der Waals surface area contributed by atoms with E-state index in [1.54, 1.807) is 0 Å². The van der Waals surface area contributed by atoms with Crippen LogP contribution < -0.4 is 15.3 Å². The third-order valence-electron chi connectivity index (χ3n) is 4.23. The van der Waals surface area contributed by atoms with E-state index in [1.165, 1.54) is 0 Å². The van der Waals surface area contributed by atoms with Crippen molar-refractivity contribution < 1.29 is 50.9 Å². The van der Waals surface area contributed by atoms with Crippen molar-refractivity contribution in [3.05, 3.63) is 88.0 Å². The summed E-state index contributed by atoms with van der Waals surface area (Å²) in [5.74, 6) is 0.493. The van der Waals surface area contributed by atoms with Gasteiger partial charge in [-0.25, -0.2) is 0 Å². The van der Waals surface area contributed by atoms with Crippen LogP contribution in [0.1, 0.15) is 33.4 Å². The second kappa shape index (κ2) is 12.7. The third-order valence-corrected chi connectivity index (χ3v) is 4.23. The van der Waals surface area contributed by atoms with Crippen molar-refractivity contribution in [3.63, 3.8) is 0 Å². The zero-order valence-corrected chi connectivity index (χ0v) is 21.1. The van der Waals surface area contributed by atoms with Crippen LogP contribution in [0.2, 0.25) is 0 Å². The maximum atomic E-state index is 11.0. The molecule has 0 aliphatic heterocycles. The van der Waals surface area contributed by atoms with Gasteiger partial charge in [0.1, 0.15) is 0 Å². The third kappa shape index (κ3) is 8.09. The summed E-state index contributed by atoms with van der Waals surface area (Å²) < 4.78 is 0. The van der Waals surface area contributed by atoms with Crippen LogP contribution in [-0.2, 0) is 0 Å². The summed E-state index contributed by atoms with van der Waals surface area (Å²) >= 11 is 0. The smallest absolute Gasteiger partial charge is 0.872 e. The molecule has 0 fully saturated rings. The quantitative estimate of drug-likeness (QED) is 0.464. The molecule has 0 aliphatic rings. The first-order valence-corrected chi connectivity index (χ1v) is 8.84. The average Bonchev–Trinajstić information content (AvgIpc) is 2.63. The molecule has 0 spiro atoms. The molecule has 4 heteroatoms. The average molecular weight is 502 g/mol. The Bertz CT molecular complexity index is 711. The minimum Gasteiger partial charge on any atom is -0.872 e. The first kappa shape index (κ1) is 26.3. The van der Waals surface area contributed by atoms with E-state index in [2.05, 4.69) is 0 Å². The van der Waals surface area contributed by atoms with Gasteiger partial charge in [-0.1, -0.05) is 88.0 Å². The topological polar surface area (TPSA) is 69.2 Å². The molecular weight excluding hydrogens is 475 g/mol. The second-order valence-electron chi connectivity index (χ2n) is 6.66. The summed E-state index contributed by atoms with van der Waals surface area (Å²) in [6.45, 7) is 11.0. The van der Waals surface area contributed by atoms with Gasteiger partial charge in [-0.3, -0.25) is 0 Å². The minimum absolute atomic E-state index is 0. The number of para-hydroxylation sites is 3. The molecule has 0 heterocycles. The van der Waals surface area contributed by atoms with Crippen LogP contribution >= 0.6 is 0 Å². The Morgan fingerprint density at radius 1 is 0.393 bits per heavy atom. The molecule has 0 aromatic heterocycles. The molecule has 0 bridgehead atoms. The predicted molar refractivity (Wildman–Crippen MR) is 106 cm³/mol. The molecule has 0 N–H and O–H groups in total. The monoisotopic (exact) mass is 502 g/mol. The number of hydrogen-bond acceptors (Lipinski definition) is 3. The van der Waals surface area contributed by atoms with Gasteiger partial charge in [0.15, 0.2) is 0 Å². The van der Waals surface area contributed by atoms with E-state index in [9.17, 15) is 15.3 Å². The van der Waals surface area contributed by atoms with Crippen molar-refractivity contribution in [1.29, 1.82) is 0 Å². The normalized spacial score (nSPS) is 9.21. The van der Waals surface area contributed by atoms with Gasteiger partial charge in [-0.05, 0) is 41.5 Å². The number of hydrogen-bond donors (Lipinski definition) is 0. The zero-order valence-electron chi connectivity index (χ0n) is 17.5.